The molecule has 0 aromatic heterocycles. The van der Waals surface area contributed by atoms with Gasteiger partial charge in [0.15, 0.2) is 11.5 Å². The van der Waals surface area contributed by atoms with E-state index in [1.54, 1.807) is 50.5 Å². The molecule has 5 nitrogen and oxygen atoms in total. The summed E-state index contributed by atoms with van der Waals surface area (Å²) in [6.45, 7) is 1.69. The number of nitrogens with zero attached hydrogens (tertiary/aromatic N) is 1. The van der Waals surface area contributed by atoms with Crippen LogP contribution in [0.1, 0.15) is 12.0 Å². The van der Waals surface area contributed by atoms with Crippen LogP contribution < -0.4 is 14.2 Å². The maximum atomic E-state index is 11.8. The summed E-state index contributed by atoms with van der Waals surface area (Å²) in [4.78, 5) is 13.6. The van der Waals surface area contributed by atoms with Crippen molar-refractivity contribution in [3.63, 3.8) is 0 Å². The Morgan fingerprint density at radius 2 is 1.70 bits per heavy atom. The predicted octanol–water partition coefficient (Wildman–Crippen LogP) is 1.96. The molecule has 0 unspecified atom stereocenters. The van der Waals surface area contributed by atoms with Crippen LogP contribution in [0.3, 0.4) is 0 Å². The number of likely N-dealkylation sites (tertiary alicyclic amines) is 1. The van der Waals surface area contributed by atoms with Gasteiger partial charge in [0.05, 0.1) is 21.3 Å². The third-order valence-electron chi connectivity index (χ3n) is 3.27. The number of benzene rings is 1. The van der Waals surface area contributed by atoms with E-state index in [1.165, 1.54) is 0 Å². The Hall–Kier alpha value is -2.17. The van der Waals surface area contributed by atoms with Gasteiger partial charge in [-0.25, -0.2) is 0 Å². The molecule has 1 fully saturated rings. The molecule has 1 amide bonds. The van der Waals surface area contributed by atoms with Gasteiger partial charge in [-0.15, -0.1) is 0 Å². The summed E-state index contributed by atoms with van der Waals surface area (Å²) >= 11 is 0. The van der Waals surface area contributed by atoms with Gasteiger partial charge in [0, 0.05) is 19.2 Å². The SMILES string of the molecule is COc1cc(C=CC(=O)N2CCC2)cc(OC)c1OC. The first-order valence-corrected chi connectivity index (χ1v) is 6.46. The van der Waals surface area contributed by atoms with Gasteiger partial charge < -0.3 is 19.1 Å². The fraction of sp³-hybridized carbons (Fsp3) is 0.400. The lowest BCUT2D eigenvalue weighted by Crippen LogP contribution is -2.40. The summed E-state index contributed by atoms with van der Waals surface area (Å²) < 4.78 is 15.8. The van der Waals surface area contributed by atoms with E-state index in [1.807, 2.05) is 0 Å². The van der Waals surface area contributed by atoms with Gasteiger partial charge in [-0.05, 0) is 30.2 Å². The summed E-state index contributed by atoms with van der Waals surface area (Å²) in [5.41, 5.74) is 0.827. The van der Waals surface area contributed by atoms with Crippen LogP contribution in [0.15, 0.2) is 18.2 Å². The zero-order chi connectivity index (χ0) is 14.5. The van der Waals surface area contributed by atoms with Crippen molar-refractivity contribution < 1.29 is 19.0 Å². The second kappa shape index (κ2) is 6.32. The summed E-state index contributed by atoms with van der Waals surface area (Å²) in [5.74, 6) is 1.72. The van der Waals surface area contributed by atoms with Crippen molar-refractivity contribution in [1.82, 2.24) is 4.90 Å². The zero-order valence-electron chi connectivity index (χ0n) is 12.0. The molecule has 0 N–H and O–H groups in total. The second-order valence-corrected chi connectivity index (χ2v) is 4.47. The number of amides is 1. The fourth-order valence-corrected chi connectivity index (χ4v) is 2.01. The van der Waals surface area contributed by atoms with Gasteiger partial charge in [0.1, 0.15) is 0 Å². The lowest BCUT2D eigenvalue weighted by Gasteiger charge is -2.29. The predicted molar refractivity (Wildman–Crippen MR) is 76.3 cm³/mol. The Balaban J connectivity index is 2.22. The van der Waals surface area contributed by atoms with E-state index in [4.69, 9.17) is 14.2 Å². The number of carbonyl (C=O) groups excluding carboxylic acids is 1. The maximum Gasteiger partial charge on any atom is 0.246 e. The Labute approximate surface area is 118 Å². The van der Waals surface area contributed by atoms with E-state index in [0.29, 0.717) is 17.2 Å². The number of ether oxygens (including phenoxy) is 3. The van der Waals surface area contributed by atoms with E-state index >= 15 is 0 Å². The van der Waals surface area contributed by atoms with Crippen LogP contribution in [0, 0.1) is 0 Å². The molecular weight excluding hydrogens is 258 g/mol. The van der Waals surface area contributed by atoms with E-state index in [9.17, 15) is 4.79 Å². The first-order valence-electron chi connectivity index (χ1n) is 6.46. The molecule has 1 aromatic carbocycles. The van der Waals surface area contributed by atoms with Crippen molar-refractivity contribution >= 4 is 12.0 Å². The van der Waals surface area contributed by atoms with Gasteiger partial charge in [-0.3, -0.25) is 4.79 Å². The lowest BCUT2D eigenvalue weighted by atomic mass is 10.1. The molecule has 0 atom stereocenters. The van der Waals surface area contributed by atoms with Crippen molar-refractivity contribution in [3.05, 3.63) is 23.8 Å². The Morgan fingerprint density at radius 3 is 2.10 bits per heavy atom. The number of hydrogen-bond acceptors (Lipinski definition) is 4. The minimum atomic E-state index is 0.0324. The minimum absolute atomic E-state index is 0.0324. The van der Waals surface area contributed by atoms with Crippen molar-refractivity contribution in [2.75, 3.05) is 34.4 Å². The topological polar surface area (TPSA) is 48.0 Å². The number of rotatable bonds is 5. The van der Waals surface area contributed by atoms with Crippen molar-refractivity contribution in [2.45, 2.75) is 6.42 Å². The minimum Gasteiger partial charge on any atom is -0.493 e. The van der Waals surface area contributed by atoms with E-state index in [2.05, 4.69) is 0 Å². The molecule has 2 rings (SSSR count). The fourth-order valence-electron chi connectivity index (χ4n) is 2.01. The Bertz CT molecular complexity index is 496. The molecule has 0 saturated carbocycles. The normalized spacial score (nSPS) is 14.1. The molecule has 1 aliphatic rings. The highest BCUT2D eigenvalue weighted by molar-refractivity contribution is 5.92. The van der Waals surface area contributed by atoms with E-state index < -0.39 is 0 Å². The highest BCUT2D eigenvalue weighted by atomic mass is 16.5. The quantitative estimate of drug-likeness (QED) is 0.772. The molecule has 5 heteroatoms. The van der Waals surface area contributed by atoms with E-state index in [0.717, 1.165) is 25.1 Å². The molecule has 1 heterocycles. The van der Waals surface area contributed by atoms with Gasteiger partial charge in [-0.2, -0.15) is 0 Å². The second-order valence-electron chi connectivity index (χ2n) is 4.47. The molecule has 1 aliphatic heterocycles. The zero-order valence-corrected chi connectivity index (χ0v) is 12.0. The van der Waals surface area contributed by atoms with E-state index in [-0.39, 0.29) is 5.91 Å². The number of carbonyl (C=O) groups is 1. The van der Waals surface area contributed by atoms with Crippen LogP contribution >= 0.6 is 0 Å². The average Bonchev–Trinajstić information content (AvgIpc) is 2.41. The number of hydrogen-bond donors (Lipinski definition) is 0. The molecular formula is C15H19NO4. The first-order chi connectivity index (χ1) is 9.69. The summed E-state index contributed by atoms with van der Waals surface area (Å²) in [6, 6.07) is 3.61. The third-order valence-corrected chi connectivity index (χ3v) is 3.27. The smallest absolute Gasteiger partial charge is 0.246 e. The lowest BCUT2D eigenvalue weighted by molar-refractivity contribution is -0.129. The van der Waals surface area contributed by atoms with Crippen molar-refractivity contribution in [2.24, 2.45) is 0 Å². The van der Waals surface area contributed by atoms with Gasteiger partial charge >= 0.3 is 0 Å². The maximum absolute atomic E-state index is 11.8. The van der Waals surface area contributed by atoms with Crippen molar-refractivity contribution in [1.29, 1.82) is 0 Å². The van der Waals surface area contributed by atoms with Crippen LogP contribution in [-0.2, 0) is 4.79 Å². The molecule has 1 aromatic rings. The summed E-state index contributed by atoms with van der Waals surface area (Å²) in [5, 5.41) is 0. The van der Waals surface area contributed by atoms with Crippen LogP contribution in [0.5, 0.6) is 17.2 Å². The van der Waals surface area contributed by atoms with Crippen LogP contribution in [0.2, 0.25) is 0 Å². The van der Waals surface area contributed by atoms with Gasteiger partial charge in [0.2, 0.25) is 11.7 Å². The van der Waals surface area contributed by atoms with Gasteiger partial charge in [0.25, 0.3) is 0 Å². The van der Waals surface area contributed by atoms with Crippen LogP contribution in [0.4, 0.5) is 0 Å². The molecule has 1 saturated heterocycles. The highest BCUT2D eigenvalue weighted by Gasteiger charge is 2.17. The molecule has 0 bridgehead atoms. The molecule has 0 radical (unpaired) electrons. The molecule has 0 spiro atoms. The average molecular weight is 277 g/mol. The molecule has 0 aliphatic carbocycles. The first kappa shape index (κ1) is 14.2. The van der Waals surface area contributed by atoms with Crippen LogP contribution in [0.25, 0.3) is 6.08 Å². The summed E-state index contributed by atoms with van der Waals surface area (Å²) in [6.07, 6.45) is 4.41. The highest BCUT2D eigenvalue weighted by Crippen LogP contribution is 2.38. The van der Waals surface area contributed by atoms with Crippen LogP contribution in [-0.4, -0.2) is 45.2 Å². The van der Waals surface area contributed by atoms with Gasteiger partial charge in [-0.1, -0.05) is 0 Å². The third kappa shape index (κ3) is 2.87. The Morgan fingerprint density at radius 1 is 1.10 bits per heavy atom. The largest absolute Gasteiger partial charge is 0.493 e. The Kier molecular flexibility index (Phi) is 4.50. The van der Waals surface area contributed by atoms with Crippen molar-refractivity contribution in [3.8, 4) is 17.2 Å². The standard InChI is InChI=1S/C15H19NO4/c1-18-12-9-11(10-13(19-2)15(12)20-3)5-6-14(17)16-7-4-8-16/h5-6,9-10H,4,7-8H2,1-3H3. The molecule has 108 valence electrons. The molecule has 20 heavy (non-hydrogen) atoms. The summed E-state index contributed by atoms with van der Waals surface area (Å²) in [7, 11) is 4.69. The number of methoxy groups -OCH3 is 3. The monoisotopic (exact) mass is 277 g/mol.